The third kappa shape index (κ3) is 5.02. The molecule has 0 aromatic heterocycles. The molecule has 0 aromatic carbocycles. The lowest BCUT2D eigenvalue weighted by atomic mass is 9.85. The number of aliphatic carboxylic acids is 1. The van der Waals surface area contributed by atoms with Crippen molar-refractivity contribution in [3.05, 3.63) is 0 Å². The van der Waals surface area contributed by atoms with E-state index < -0.39 is 5.97 Å². The van der Waals surface area contributed by atoms with Crippen molar-refractivity contribution in [2.75, 3.05) is 12.3 Å². The molecule has 2 amide bonds. The van der Waals surface area contributed by atoms with E-state index in [4.69, 9.17) is 5.11 Å². The molecule has 1 saturated heterocycles. The van der Waals surface area contributed by atoms with Crippen LogP contribution in [0.1, 0.15) is 70.6 Å². The normalized spacial score (nSPS) is 31.3. The van der Waals surface area contributed by atoms with Crippen LogP contribution in [0.15, 0.2) is 0 Å². The number of aliphatic hydroxyl groups is 1. The molecule has 29 heavy (non-hydrogen) atoms. The lowest BCUT2D eigenvalue weighted by Crippen LogP contribution is -2.49. The fraction of sp³-hybridized carbons (Fsp3) is 0.905. The molecule has 4 unspecified atom stereocenters. The summed E-state index contributed by atoms with van der Waals surface area (Å²) in [5, 5.41) is 21.7. The first-order valence-electron chi connectivity index (χ1n) is 11.4. The third-order valence-electron chi connectivity index (χ3n) is 7.06. The molecule has 164 valence electrons. The van der Waals surface area contributed by atoms with Gasteiger partial charge in [-0.2, -0.15) is 11.8 Å². The van der Waals surface area contributed by atoms with Gasteiger partial charge in [-0.05, 0) is 56.6 Å². The molecule has 1 heterocycles. The van der Waals surface area contributed by atoms with Crippen molar-refractivity contribution in [2.45, 2.75) is 100 Å². The second-order valence-electron chi connectivity index (χ2n) is 9.21. The van der Waals surface area contributed by atoms with Crippen LogP contribution >= 0.6 is 11.8 Å². The van der Waals surface area contributed by atoms with Gasteiger partial charge in [0.1, 0.15) is 0 Å². The zero-order valence-electron chi connectivity index (χ0n) is 17.2. The average molecular weight is 426 g/mol. The van der Waals surface area contributed by atoms with Gasteiger partial charge in [0.15, 0.2) is 0 Å². The number of nitrogens with one attached hydrogen (secondary N) is 1. The number of hydrazine groups is 1. The largest absolute Gasteiger partial charge is 0.481 e. The highest BCUT2D eigenvalue weighted by atomic mass is 32.2. The quantitative estimate of drug-likeness (QED) is 0.466. The number of carboxylic acid groups (broad SMARTS) is 1. The predicted molar refractivity (Wildman–Crippen MR) is 113 cm³/mol. The van der Waals surface area contributed by atoms with Crippen LogP contribution in [0.2, 0.25) is 0 Å². The summed E-state index contributed by atoms with van der Waals surface area (Å²) in [6, 6.07) is 0.901. The Balaban J connectivity index is 1.32. The van der Waals surface area contributed by atoms with E-state index >= 15 is 0 Å². The molecule has 3 N–H and O–H groups in total. The molecule has 0 radical (unpaired) electrons. The van der Waals surface area contributed by atoms with Crippen LogP contribution in [0.3, 0.4) is 0 Å². The van der Waals surface area contributed by atoms with E-state index in [0.717, 1.165) is 44.3 Å². The SMILES string of the molecule is O=C(O)CCCSC1CC2C(C1)N(C1CC1)C(=O)N2NCC(O)C1CCCCC1. The van der Waals surface area contributed by atoms with E-state index in [2.05, 4.69) is 10.3 Å². The first-order chi connectivity index (χ1) is 14.0. The Bertz CT molecular complexity index is 596. The number of hydrogen-bond donors (Lipinski definition) is 3. The summed E-state index contributed by atoms with van der Waals surface area (Å²) in [6.07, 6.45) is 10.5. The average Bonchev–Trinajstić information content (AvgIpc) is 3.40. The second kappa shape index (κ2) is 9.43. The van der Waals surface area contributed by atoms with Crippen LogP contribution in [-0.4, -0.2) is 73.9 Å². The van der Waals surface area contributed by atoms with Gasteiger partial charge in [-0.15, -0.1) is 0 Å². The molecule has 4 fully saturated rings. The molecular formula is C21H35N3O4S. The van der Waals surface area contributed by atoms with Crippen LogP contribution in [-0.2, 0) is 4.79 Å². The molecule has 0 aromatic rings. The van der Waals surface area contributed by atoms with Crippen LogP contribution < -0.4 is 5.43 Å². The lowest BCUT2D eigenvalue weighted by Gasteiger charge is -2.30. The molecule has 0 bridgehead atoms. The van der Waals surface area contributed by atoms with Crippen molar-refractivity contribution in [1.82, 2.24) is 15.3 Å². The van der Waals surface area contributed by atoms with Gasteiger partial charge in [-0.25, -0.2) is 10.2 Å². The van der Waals surface area contributed by atoms with Crippen molar-refractivity contribution in [3.8, 4) is 0 Å². The molecule has 4 atom stereocenters. The van der Waals surface area contributed by atoms with Gasteiger partial charge in [0.05, 0.1) is 18.2 Å². The predicted octanol–water partition coefficient (Wildman–Crippen LogP) is 2.83. The minimum atomic E-state index is -0.730. The highest BCUT2D eigenvalue weighted by Crippen LogP contribution is 2.44. The minimum absolute atomic E-state index is 0.0904. The van der Waals surface area contributed by atoms with Gasteiger partial charge in [-0.3, -0.25) is 9.80 Å². The Labute approximate surface area is 177 Å². The van der Waals surface area contributed by atoms with Crippen molar-refractivity contribution >= 4 is 23.8 Å². The molecule has 8 heteroatoms. The number of hydrogen-bond acceptors (Lipinski definition) is 5. The molecule has 0 spiro atoms. The summed E-state index contributed by atoms with van der Waals surface area (Å²) in [5.74, 6) is 0.485. The number of aliphatic hydroxyl groups excluding tert-OH is 1. The van der Waals surface area contributed by atoms with Crippen molar-refractivity contribution < 1.29 is 19.8 Å². The number of urea groups is 1. The first-order valence-corrected chi connectivity index (χ1v) is 12.5. The summed E-state index contributed by atoms with van der Waals surface area (Å²) in [6.45, 7) is 0.453. The van der Waals surface area contributed by atoms with E-state index in [-0.39, 0.29) is 30.6 Å². The van der Waals surface area contributed by atoms with Crippen LogP contribution in [0.4, 0.5) is 4.79 Å². The van der Waals surface area contributed by atoms with E-state index in [9.17, 15) is 14.7 Å². The number of rotatable bonds is 10. The van der Waals surface area contributed by atoms with Crippen molar-refractivity contribution in [1.29, 1.82) is 0 Å². The summed E-state index contributed by atoms with van der Waals surface area (Å²) in [7, 11) is 0. The van der Waals surface area contributed by atoms with Crippen LogP contribution in [0.5, 0.6) is 0 Å². The third-order valence-corrected chi connectivity index (χ3v) is 8.44. The van der Waals surface area contributed by atoms with Gasteiger partial charge >= 0.3 is 12.0 Å². The summed E-state index contributed by atoms with van der Waals surface area (Å²) < 4.78 is 0. The Morgan fingerprint density at radius 2 is 1.86 bits per heavy atom. The smallest absolute Gasteiger partial charge is 0.335 e. The number of thioether (sulfide) groups is 1. The van der Waals surface area contributed by atoms with Gasteiger partial charge < -0.3 is 15.1 Å². The number of amides is 2. The molecular weight excluding hydrogens is 390 g/mol. The Kier molecular flexibility index (Phi) is 6.91. The van der Waals surface area contributed by atoms with Gasteiger partial charge in [0.25, 0.3) is 0 Å². The fourth-order valence-electron chi connectivity index (χ4n) is 5.39. The maximum absolute atomic E-state index is 13.1. The topological polar surface area (TPSA) is 93.1 Å². The molecule has 4 aliphatic rings. The Hall–Kier alpha value is -0.990. The maximum Gasteiger partial charge on any atom is 0.335 e. The van der Waals surface area contributed by atoms with Crippen molar-refractivity contribution in [2.24, 2.45) is 5.92 Å². The zero-order chi connectivity index (χ0) is 20.4. The van der Waals surface area contributed by atoms with E-state index in [1.54, 1.807) is 0 Å². The monoisotopic (exact) mass is 425 g/mol. The number of carbonyl (C=O) groups excluding carboxylic acids is 1. The molecule has 3 saturated carbocycles. The number of carbonyl (C=O) groups is 2. The van der Waals surface area contributed by atoms with Gasteiger partial charge in [-0.1, -0.05) is 19.3 Å². The van der Waals surface area contributed by atoms with Gasteiger partial charge in [0, 0.05) is 24.3 Å². The zero-order valence-corrected chi connectivity index (χ0v) is 18.0. The number of carboxylic acids is 1. The molecule has 7 nitrogen and oxygen atoms in total. The number of fused-ring (bicyclic) bond motifs is 1. The Morgan fingerprint density at radius 3 is 2.55 bits per heavy atom. The first kappa shape index (κ1) is 21.2. The van der Waals surface area contributed by atoms with E-state index in [1.165, 1.54) is 19.3 Å². The van der Waals surface area contributed by atoms with Gasteiger partial charge in [0.2, 0.25) is 0 Å². The van der Waals surface area contributed by atoms with Crippen LogP contribution in [0.25, 0.3) is 0 Å². The standard InChI is InChI=1S/C21H35N3O4S/c25-19(14-5-2-1-3-6-14)13-22-24-18-12-16(29-10-4-7-20(26)27)11-17(18)23(21(24)28)15-8-9-15/h14-19,22,25H,1-13H2,(H,26,27). The lowest BCUT2D eigenvalue weighted by molar-refractivity contribution is -0.137. The summed E-state index contributed by atoms with van der Waals surface area (Å²) >= 11 is 1.86. The molecule has 3 aliphatic carbocycles. The van der Waals surface area contributed by atoms with E-state index in [1.807, 2.05) is 16.8 Å². The second-order valence-corrected chi connectivity index (χ2v) is 10.6. The summed E-state index contributed by atoms with van der Waals surface area (Å²) in [4.78, 5) is 25.9. The highest BCUT2D eigenvalue weighted by molar-refractivity contribution is 7.99. The Morgan fingerprint density at radius 1 is 1.14 bits per heavy atom. The highest BCUT2D eigenvalue weighted by Gasteiger charge is 2.55. The summed E-state index contributed by atoms with van der Waals surface area (Å²) in [5.41, 5.74) is 3.32. The molecule has 1 aliphatic heterocycles. The van der Waals surface area contributed by atoms with Crippen molar-refractivity contribution in [3.63, 3.8) is 0 Å². The minimum Gasteiger partial charge on any atom is -0.481 e. The van der Waals surface area contributed by atoms with Crippen LogP contribution in [0, 0.1) is 5.92 Å². The van der Waals surface area contributed by atoms with E-state index in [0.29, 0.717) is 30.2 Å². The number of nitrogens with zero attached hydrogens (tertiary/aromatic N) is 2. The molecule has 4 rings (SSSR count). The fourth-order valence-corrected chi connectivity index (χ4v) is 6.70. The maximum atomic E-state index is 13.1.